The van der Waals surface area contributed by atoms with E-state index in [-0.39, 0.29) is 25.7 Å². The first-order chi connectivity index (χ1) is 23.8. The molecule has 46 heavy (non-hydrogen) atoms. The van der Waals surface area contributed by atoms with Gasteiger partial charge in [0.2, 0.25) is 0 Å². The van der Waals surface area contributed by atoms with E-state index in [2.05, 4.69) is 70.6 Å². The number of fused-ring (bicyclic) bond motifs is 6. The van der Waals surface area contributed by atoms with Crippen LogP contribution in [0.3, 0.4) is 0 Å². The van der Waals surface area contributed by atoms with Gasteiger partial charge in [-0.15, -0.1) is 54.1 Å². The van der Waals surface area contributed by atoms with Gasteiger partial charge in [-0.25, -0.2) is 0 Å². The van der Waals surface area contributed by atoms with Crippen LogP contribution < -0.4 is 0 Å². The summed E-state index contributed by atoms with van der Waals surface area (Å²) in [7, 11) is 0. The molecule has 3 heterocycles. The number of rotatable bonds is 3. The molecule has 3 nitrogen and oxygen atoms in total. The third-order valence-corrected chi connectivity index (χ3v) is 7.58. The number of aromatic nitrogens is 2. The molecule has 0 fully saturated rings. The molecule has 8 rings (SSSR count). The Labute approximate surface area is 290 Å². The summed E-state index contributed by atoms with van der Waals surface area (Å²) < 4.78 is 45.5. The molecule has 0 amide bonds. The van der Waals surface area contributed by atoms with Gasteiger partial charge in [0.05, 0.1) is 5.58 Å². The molecular formula is C42H34IrN2O-2. The maximum absolute atomic E-state index is 8.68. The monoisotopic (exact) mass is 780 g/mol. The summed E-state index contributed by atoms with van der Waals surface area (Å²) in [6, 6.07) is 41.6. The van der Waals surface area contributed by atoms with Gasteiger partial charge >= 0.3 is 0 Å². The van der Waals surface area contributed by atoms with E-state index in [0.29, 0.717) is 11.3 Å². The van der Waals surface area contributed by atoms with E-state index < -0.39 is 18.6 Å². The van der Waals surface area contributed by atoms with Crippen molar-refractivity contribution in [2.75, 3.05) is 0 Å². The van der Waals surface area contributed by atoms with Crippen LogP contribution in [0, 0.1) is 24.4 Å². The molecule has 0 aliphatic heterocycles. The van der Waals surface area contributed by atoms with Crippen molar-refractivity contribution >= 4 is 43.5 Å². The fourth-order valence-electron chi connectivity index (χ4n) is 5.62. The zero-order chi connectivity index (χ0) is 35.3. The Morgan fingerprint density at radius 2 is 1.59 bits per heavy atom. The molecule has 0 aliphatic rings. The van der Waals surface area contributed by atoms with E-state index >= 15 is 0 Å². The molecule has 0 unspecified atom stereocenters. The maximum Gasteiger partial charge on any atom is 0.121 e. The number of furan rings is 1. The third kappa shape index (κ3) is 6.51. The predicted molar refractivity (Wildman–Crippen MR) is 187 cm³/mol. The zero-order valence-electron chi connectivity index (χ0n) is 30.7. The summed E-state index contributed by atoms with van der Waals surface area (Å²) in [4.78, 5) is 8.69. The first-order valence-electron chi connectivity index (χ1n) is 17.4. The minimum absolute atomic E-state index is 0. The Bertz CT molecular complexity index is 2490. The van der Waals surface area contributed by atoms with E-state index in [1.54, 1.807) is 30.5 Å². The zero-order valence-corrected chi connectivity index (χ0v) is 28.1. The molecule has 8 aromatic rings. The number of pyridine rings is 2. The van der Waals surface area contributed by atoms with Gasteiger partial charge in [0.15, 0.2) is 0 Å². The first kappa shape index (κ1) is 25.5. The fraction of sp³-hybridized carbons (Fsp3) is 0.143. The SMILES string of the molecule is [2H]C([2H])([2H])c1ccc(-c2[c-]cccc2)nc1.[2H]C([2H])(c1ccnc(-c2[c-]ccc3c2oc2cc4c(ccc5ccccc54)cc23)c1)C(C)(C)C.[Ir]. The van der Waals surface area contributed by atoms with Crippen molar-refractivity contribution in [3.8, 4) is 22.5 Å². The molecule has 3 aromatic heterocycles. The second-order valence-electron chi connectivity index (χ2n) is 12.1. The topological polar surface area (TPSA) is 38.9 Å². The summed E-state index contributed by atoms with van der Waals surface area (Å²) in [5.74, 6) is 0. The van der Waals surface area contributed by atoms with Crippen molar-refractivity contribution in [3.05, 3.63) is 145 Å². The van der Waals surface area contributed by atoms with E-state index in [1.807, 2.05) is 57.2 Å². The molecule has 0 N–H and O–H groups in total. The first-order valence-corrected chi connectivity index (χ1v) is 14.9. The number of nitrogens with zero attached hydrogens (tertiary/aromatic N) is 2. The second-order valence-corrected chi connectivity index (χ2v) is 12.1. The van der Waals surface area contributed by atoms with Crippen molar-refractivity contribution in [2.24, 2.45) is 5.41 Å². The van der Waals surface area contributed by atoms with Crippen molar-refractivity contribution in [1.82, 2.24) is 9.97 Å². The van der Waals surface area contributed by atoms with Gasteiger partial charge in [-0.05, 0) is 75.3 Å². The number of aryl methyl sites for hydroxylation is 1. The molecular weight excluding hydrogens is 741 g/mol. The van der Waals surface area contributed by atoms with Crippen LogP contribution in [0.2, 0.25) is 0 Å². The Kier molecular flexibility index (Phi) is 7.22. The van der Waals surface area contributed by atoms with Gasteiger partial charge < -0.3 is 14.4 Å². The van der Waals surface area contributed by atoms with Gasteiger partial charge in [-0.1, -0.05) is 91.9 Å². The maximum atomic E-state index is 8.68. The standard InChI is InChI=1S/C30H24NO.C12H10N.Ir/c1-30(2,3)18-19-13-14-31-27(15-19)24-10-6-9-23-26-16-21-12-11-20-7-4-5-8-22(20)25(21)17-28(26)32-29(23)24;1-10-7-8-12(13-9-10)11-5-3-2-4-6-11;/h4-9,11-17H,18H2,1-3H3;2-5,7-9H,1H3;/q2*-1;/i18D2;1D3;. The molecule has 0 atom stereocenters. The van der Waals surface area contributed by atoms with Crippen LogP contribution in [-0.4, -0.2) is 9.97 Å². The predicted octanol–water partition coefficient (Wildman–Crippen LogP) is 11.2. The minimum atomic E-state index is -2.09. The van der Waals surface area contributed by atoms with E-state index in [0.717, 1.165) is 44.1 Å². The molecule has 0 spiro atoms. The van der Waals surface area contributed by atoms with E-state index in [4.69, 9.17) is 11.3 Å². The summed E-state index contributed by atoms with van der Waals surface area (Å²) in [6.07, 6.45) is 1.55. The Hall–Kier alpha value is -4.63. The van der Waals surface area contributed by atoms with Crippen LogP contribution in [0.4, 0.5) is 0 Å². The van der Waals surface area contributed by atoms with Gasteiger partial charge in [0.1, 0.15) is 5.58 Å². The van der Waals surface area contributed by atoms with Crippen LogP contribution >= 0.6 is 0 Å². The average Bonchev–Trinajstić information content (AvgIpc) is 3.48. The molecule has 5 aromatic carbocycles. The van der Waals surface area contributed by atoms with Crippen molar-refractivity contribution in [1.29, 1.82) is 0 Å². The Balaban J connectivity index is 0.000000222. The average molecular weight is 780 g/mol. The molecule has 0 saturated carbocycles. The van der Waals surface area contributed by atoms with Crippen LogP contribution in [0.15, 0.2) is 126 Å². The van der Waals surface area contributed by atoms with Crippen LogP contribution in [0.1, 0.15) is 38.8 Å². The molecule has 229 valence electrons. The smallest absolute Gasteiger partial charge is 0.121 e. The van der Waals surface area contributed by atoms with Gasteiger partial charge in [0.25, 0.3) is 0 Å². The normalized spacial score (nSPS) is 13.6. The van der Waals surface area contributed by atoms with Gasteiger partial charge in [-0.3, -0.25) is 0 Å². The van der Waals surface area contributed by atoms with Crippen molar-refractivity contribution in [2.45, 2.75) is 34.0 Å². The van der Waals surface area contributed by atoms with Crippen LogP contribution in [0.25, 0.3) is 66.0 Å². The van der Waals surface area contributed by atoms with Gasteiger partial charge in [-0.2, -0.15) is 0 Å². The quantitative estimate of drug-likeness (QED) is 0.132. The Morgan fingerprint density at radius 1 is 0.739 bits per heavy atom. The summed E-state index contributed by atoms with van der Waals surface area (Å²) in [6.45, 7) is 3.64. The largest absolute Gasteiger partial charge is 0.501 e. The fourth-order valence-corrected chi connectivity index (χ4v) is 5.62. The summed E-state index contributed by atoms with van der Waals surface area (Å²) >= 11 is 0. The summed E-state index contributed by atoms with van der Waals surface area (Å²) in [5, 5.41) is 6.79. The number of benzene rings is 5. The third-order valence-electron chi connectivity index (χ3n) is 7.58. The van der Waals surface area contributed by atoms with Crippen LogP contribution in [-0.2, 0) is 26.5 Å². The Morgan fingerprint density at radius 3 is 2.37 bits per heavy atom. The molecule has 0 saturated heterocycles. The molecule has 4 heteroatoms. The summed E-state index contributed by atoms with van der Waals surface area (Å²) in [5.41, 5.74) is 4.84. The number of hydrogen-bond donors (Lipinski definition) is 0. The van der Waals surface area contributed by atoms with Crippen molar-refractivity contribution < 1.29 is 31.4 Å². The number of hydrogen-bond acceptors (Lipinski definition) is 3. The van der Waals surface area contributed by atoms with Crippen molar-refractivity contribution in [3.63, 3.8) is 0 Å². The second kappa shape index (κ2) is 13.0. The van der Waals surface area contributed by atoms with E-state index in [1.165, 1.54) is 22.4 Å². The van der Waals surface area contributed by atoms with Gasteiger partial charge in [0, 0.05) is 44.7 Å². The van der Waals surface area contributed by atoms with Crippen LogP contribution in [0.5, 0.6) is 0 Å². The van der Waals surface area contributed by atoms with E-state index in [9.17, 15) is 0 Å². The minimum Gasteiger partial charge on any atom is -0.501 e. The molecule has 1 radical (unpaired) electrons. The molecule has 0 bridgehead atoms. The molecule has 0 aliphatic carbocycles.